The van der Waals surface area contributed by atoms with Crippen LogP contribution in [0.25, 0.3) is 0 Å². The van der Waals surface area contributed by atoms with Crippen molar-refractivity contribution in [1.29, 1.82) is 0 Å². The first-order valence-corrected chi connectivity index (χ1v) is 11.4. The van der Waals surface area contributed by atoms with Crippen molar-refractivity contribution in [3.05, 3.63) is 102 Å². The maximum absolute atomic E-state index is 13.3. The lowest BCUT2D eigenvalue weighted by Crippen LogP contribution is -2.46. The molecule has 1 unspecified atom stereocenters. The van der Waals surface area contributed by atoms with Crippen LogP contribution in [0.5, 0.6) is 0 Å². The average Bonchev–Trinajstić information content (AvgIpc) is 3.33. The van der Waals surface area contributed by atoms with E-state index in [9.17, 15) is 9.59 Å². The second kappa shape index (κ2) is 9.82. The third-order valence-electron chi connectivity index (χ3n) is 6.39. The zero-order valence-corrected chi connectivity index (χ0v) is 18.5. The highest BCUT2D eigenvalue weighted by atomic mass is 16.2. The molecular formula is C28H30N2O2. The topological polar surface area (TPSA) is 58.2 Å². The van der Waals surface area contributed by atoms with Crippen molar-refractivity contribution in [2.75, 3.05) is 5.32 Å². The molecule has 4 heteroatoms. The Bertz CT molecular complexity index is 1040. The minimum absolute atomic E-state index is 0.0217. The first-order valence-electron chi connectivity index (χ1n) is 11.4. The second-order valence-electron chi connectivity index (χ2n) is 8.75. The molecule has 2 N–H and O–H groups in total. The second-order valence-corrected chi connectivity index (χ2v) is 8.75. The van der Waals surface area contributed by atoms with Crippen LogP contribution in [0.2, 0.25) is 0 Å². The van der Waals surface area contributed by atoms with E-state index in [1.54, 1.807) is 12.1 Å². The van der Waals surface area contributed by atoms with E-state index in [4.69, 9.17) is 0 Å². The number of carbonyl (C=O) groups is 2. The van der Waals surface area contributed by atoms with Gasteiger partial charge in [0.2, 0.25) is 5.91 Å². The summed E-state index contributed by atoms with van der Waals surface area (Å²) in [6.07, 6.45) is 4.74. The van der Waals surface area contributed by atoms with Crippen LogP contribution in [-0.4, -0.2) is 17.9 Å². The fourth-order valence-electron chi connectivity index (χ4n) is 4.67. The minimum Gasteiger partial charge on any atom is -0.353 e. The molecule has 1 aliphatic carbocycles. The summed E-state index contributed by atoms with van der Waals surface area (Å²) in [5.74, 6) is 0.0159. The standard InChI is InChI=1S/C28H30N2O2/c1-21(29-27(32)28(18-8-9-19-28)24-12-6-3-7-13-24)20-22-14-16-25(17-15-22)30-26(31)23-10-4-2-5-11-23/h2-7,10-17,21H,8-9,18-20H2,1H3,(H,29,32)(H,30,31). The number of benzene rings is 3. The molecule has 4 nitrogen and oxygen atoms in total. The van der Waals surface area contributed by atoms with Gasteiger partial charge in [-0.2, -0.15) is 0 Å². The van der Waals surface area contributed by atoms with Gasteiger partial charge < -0.3 is 10.6 Å². The quantitative estimate of drug-likeness (QED) is 0.524. The van der Waals surface area contributed by atoms with Crippen molar-refractivity contribution in [3.8, 4) is 0 Å². The summed E-state index contributed by atoms with van der Waals surface area (Å²) < 4.78 is 0. The van der Waals surface area contributed by atoms with Crippen LogP contribution in [0.15, 0.2) is 84.9 Å². The van der Waals surface area contributed by atoms with E-state index in [1.165, 1.54) is 0 Å². The highest BCUT2D eigenvalue weighted by Gasteiger charge is 2.42. The molecule has 2 amide bonds. The van der Waals surface area contributed by atoms with Gasteiger partial charge in [0.1, 0.15) is 0 Å². The van der Waals surface area contributed by atoms with Gasteiger partial charge in [-0.25, -0.2) is 0 Å². The highest BCUT2D eigenvalue weighted by Crippen LogP contribution is 2.41. The van der Waals surface area contributed by atoms with E-state index in [2.05, 4.69) is 29.7 Å². The van der Waals surface area contributed by atoms with Crippen molar-refractivity contribution < 1.29 is 9.59 Å². The van der Waals surface area contributed by atoms with E-state index in [0.717, 1.165) is 48.9 Å². The molecule has 0 bridgehead atoms. The summed E-state index contributed by atoms with van der Waals surface area (Å²) in [6, 6.07) is 27.2. The van der Waals surface area contributed by atoms with Crippen LogP contribution in [-0.2, 0) is 16.6 Å². The maximum Gasteiger partial charge on any atom is 0.255 e. The fourth-order valence-corrected chi connectivity index (χ4v) is 4.67. The van der Waals surface area contributed by atoms with E-state index in [-0.39, 0.29) is 17.9 Å². The molecule has 4 rings (SSSR count). The number of hydrogen-bond donors (Lipinski definition) is 2. The highest BCUT2D eigenvalue weighted by molar-refractivity contribution is 6.04. The molecule has 1 fully saturated rings. The molecule has 0 heterocycles. The lowest BCUT2D eigenvalue weighted by atomic mass is 9.78. The van der Waals surface area contributed by atoms with E-state index >= 15 is 0 Å². The third kappa shape index (κ3) is 4.91. The summed E-state index contributed by atoms with van der Waals surface area (Å²) in [5, 5.41) is 6.19. The van der Waals surface area contributed by atoms with Gasteiger partial charge in [-0.15, -0.1) is 0 Å². The Morgan fingerprint density at radius 1 is 0.844 bits per heavy atom. The number of amides is 2. The van der Waals surface area contributed by atoms with Gasteiger partial charge in [-0.3, -0.25) is 9.59 Å². The molecule has 0 radical (unpaired) electrons. The number of anilines is 1. The largest absolute Gasteiger partial charge is 0.353 e. The lowest BCUT2D eigenvalue weighted by Gasteiger charge is -2.30. The summed E-state index contributed by atoms with van der Waals surface area (Å²) in [4.78, 5) is 25.6. The first kappa shape index (κ1) is 21.8. The normalized spacial score (nSPS) is 15.7. The predicted molar refractivity (Wildman–Crippen MR) is 129 cm³/mol. The molecule has 0 aliphatic heterocycles. The monoisotopic (exact) mass is 426 g/mol. The van der Waals surface area contributed by atoms with Crippen molar-refractivity contribution in [2.45, 2.75) is 50.5 Å². The summed E-state index contributed by atoms with van der Waals surface area (Å²) in [7, 11) is 0. The molecule has 0 saturated heterocycles. The van der Waals surface area contributed by atoms with Crippen molar-refractivity contribution in [2.24, 2.45) is 0 Å². The minimum atomic E-state index is -0.402. The molecular weight excluding hydrogens is 396 g/mol. The lowest BCUT2D eigenvalue weighted by molar-refractivity contribution is -0.127. The van der Waals surface area contributed by atoms with Gasteiger partial charge in [-0.05, 0) is 61.6 Å². The number of hydrogen-bond acceptors (Lipinski definition) is 2. The molecule has 3 aromatic rings. The van der Waals surface area contributed by atoms with Crippen LogP contribution in [0, 0.1) is 0 Å². The van der Waals surface area contributed by atoms with Crippen LogP contribution < -0.4 is 10.6 Å². The molecule has 32 heavy (non-hydrogen) atoms. The number of carbonyl (C=O) groups excluding carboxylic acids is 2. The zero-order valence-electron chi connectivity index (χ0n) is 18.5. The Morgan fingerprint density at radius 3 is 2.06 bits per heavy atom. The Balaban J connectivity index is 1.36. The van der Waals surface area contributed by atoms with E-state index < -0.39 is 5.41 Å². The van der Waals surface area contributed by atoms with Gasteiger partial charge in [0.15, 0.2) is 0 Å². The van der Waals surface area contributed by atoms with Crippen molar-refractivity contribution >= 4 is 17.5 Å². The zero-order chi connectivity index (χ0) is 22.4. The van der Waals surface area contributed by atoms with E-state index in [0.29, 0.717) is 5.56 Å². The summed E-state index contributed by atoms with van der Waals surface area (Å²) in [5.41, 5.74) is 3.23. The van der Waals surface area contributed by atoms with Gasteiger partial charge in [0, 0.05) is 17.3 Å². The van der Waals surface area contributed by atoms with E-state index in [1.807, 2.05) is 60.7 Å². The first-order chi connectivity index (χ1) is 15.6. The van der Waals surface area contributed by atoms with Crippen LogP contribution in [0.3, 0.4) is 0 Å². The molecule has 1 atom stereocenters. The predicted octanol–water partition coefficient (Wildman–Crippen LogP) is 5.50. The maximum atomic E-state index is 13.3. The average molecular weight is 427 g/mol. The van der Waals surface area contributed by atoms with Gasteiger partial charge in [0.25, 0.3) is 5.91 Å². The summed E-state index contributed by atoms with van der Waals surface area (Å²) in [6.45, 7) is 2.05. The SMILES string of the molecule is CC(Cc1ccc(NC(=O)c2ccccc2)cc1)NC(=O)C1(c2ccccc2)CCCC1. The smallest absolute Gasteiger partial charge is 0.255 e. The Hall–Kier alpha value is -3.40. The van der Waals surface area contributed by atoms with Crippen molar-refractivity contribution in [1.82, 2.24) is 5.32 Å². The molecule has 164 valence electrons. The molecule has 0 spiro atoms. The molecule has 0 aromatic heterocycles. The van der Waals surface area contributed by atoms with Crippen LogP contribution in [0.4, 0.5) is 5.69 Å². The Morgan fingerprint density at radius 2 is 1.44 bits per heavy atom. The molecule has 3 aromatic carbocycles. The summed E-state index contributed by atoms with van der Waals surface area (Å²) >= 11 is 0. The third-order valence-corrected chi connectivity index (χ3v) is 6.39. The van der Waals surface area contributed by atoms with Crippen LogP contribution in [0.1, 0.15) is 54.1 Å². The number of rotatable bonds is 7. The Labute approximate surface area is 190 Å². The Kier molecular flexibility index (Phi) is 6.69. The van der Waals surface area contributed by atoms with Crippen LogP contribution >= 0.6 is 0 Å². The molecule has 1 saturated carbocycles. The fraction of sp³-hybridized carbons (Fsp3) is 0.286. The van der Waals surface area contributed by atoms with Crippen molar-refractivity contribution in [3.63, 3.8) is 0 Å². The van der Waals surface area contributed by atoms with Gasteiger partial charge in [-0.1, -0.05) is 73.5 Å². The van der Waals surface area contributed by atoms with Gasteiger partial charge in [0.05, 0.1) is 5.41 Å². The number of nitrogens with one attached hydrogen (secondary N) is 2. The molecule has 1 aliphatic rings. The van der Waals surface area contributed by atoms with Gasteiger partial charge >= 0.3 is 0 Å².